The van der Waals surface area contributed by atoms with Crippen LogP contribution < -0.4 is 5.32 Å². The number of halogens is 5. The molecule has 0 fully saturated rings. The van der Waals surface area contributed by atoms with Crippen LogP contribution in [0.2, 0.25) is 10.6 Å². The summed E-state index contributed by atoms with van der Waals surface area (Å²) in [4.78, 5) is 11.5. The van der Waals surface area contributed by atoms with Crippen LogP contribution in [0.3, 0.4) is 0 Å². The van der Waals surface area contributed by atoms with Crippen LogP contribution in [0.25, 0.3) is 0 Å². The third-order valence-corrected chi connectivity index (χ3v) is 3.87. The summed E-state index contributed by atoms with van der Waals surface area (Å²) in [7, 11) is 0. The van der Waals surface area contributed by atoms with E-state index in [1.807, 2.05) is 12.1 Å². The lowest BCUT2D eigenvalue weighted by atomic mass is 10.3. The highest BCUT2D eigenvalue weighted by atomic mass is 79.9. The maximum absolute atomic E-state index is 5.70. The van der Waals surface area contributed by atoms with Crippen molar-refractivity contribution >= 4 is 82.6 Å². The van der Waals surface area contributed by atoms with Crippen LogP contribution in [0.15, 0.2) is 25.6 Å². The fourth-order valence-electron chi connectivity index (χ4n) is 1.16. The van der Waals surface area contributed by atoms with Crippen molar-refractivity contribution in [3.8, 4) is 0 Å². The van der Waals surface area contributed by atoms with Gasteiger partial charge < -0.3 is 5.32 Å². The average Bonchev–Trinajstić information content (AvgIpc) is 2.22. The summed E-state index contributed by atoms with van der Waals surface area (Å²) in [6.07, 6.45) is 0. The number of hydrogen-bond acceptors (Lipinski definition) is 4. The normalized spacial score (nSPS) is 10.5. The van der Waals surface area contributed by atoms with Gasteiger partial charge in [0.05, 0.1) is 5.69 Å². The van der Waals surface area contributed by atoms with Crippen LogP contribution in [0.1, 0.15) is 0 Å². The quantitative estimate of drug-likeness (QED) is 0.645. The standard InChI is InChI=1S/C9H3Br3Cl2N4/c10-3-1-4(11)6(5(12)2-3)15-9-17-7(13)16-8(14)18-9/h1-2H,(H,15,16,17,18). The molecule has 0 radical (unpaired) electrons. The molecule has 0 aliphatic carbocycles. The number of nitrogens with zero attached hydrogens (tertiary/aromatic N) is 3. The van der Waals surface area contributed by atoms with Gasteiger partial charge in [-0.1, -0.05) is 15.9 Å². The minimum atomic E-state index is 0.0295. The van der Waals surface area contributed by atoms with E-state index in [2.05, 4.69) is 68.1 Å². The molecule has 2 rings (SSSR count). The summed E-state index contributed by atoms with van der Waals surface area (Å²) in [5, 5.41) is 3.06. The van der Waals surface area contributed by atoms with Crippen molar-refractivity contribution in [2.45, 2.75) is 0 Å². The molecule has 0 aliphatic rings. The van der Waals surface area contributed by atoms with E-state index in [1.165, 1.54) is 0 Å². The van der Waals surface area contributed by atoms with Crippen LogP contribution >= 0.6 is 71.0 Å². The summed E-state index contributed by atoms with van der Waals surface area (Å²) in [6, 6.07) is 3.77. The largest absolute Gasteiger partial charge is 0.322 e. The van der Waals surface area contributed by atoms with E-state index in [0.717, 1.165) is 19.1 Å². The molecule has 1 aromatic carbocycles. The highest BCUT2D eigenvalue weighted by molar-refractivity contribution is 9.11. The zero-order valence-electron chi connectivity index (χ0n) is 8.39. The molecule has 1 N–H and O–H groups in total. The molecule has 0 atom stereocenters. The number of nitrogens with one attached hydrogen (secondary N) is 1. The molecular formula is C9H3Br3Cl2N4. The third-order valence-electron chi connectivity index (χ3n) is 1.82. The second-order valence-electron chi connectivity index (χ2n) is 3.07. The fraction of sp³-hybridized carbons (Fsp3) is 0. The monoisotopic (exact) mass is 474 g/mol. The van der Waals surface area contributed by atoms with Gasteiger partial charge in [0.25, 0.3) is 0 Å². The molecule has 0 bridgehead atoms. The van der Waals surface area contributed by atoms with Crippen LogP contribution in [-0.2, 0) is 0 Å². The predicted octanol–water partition coefficient (Wildman–Crippen LogP) is 5.21. The van der Waals surface area contributed by atoms with Crippen molar-refractivity contribution in [1.82, 2.24) is 15.0 Å². The van der Waals surface area contributed by atoms with Crippen LogP contribution in [0.4, 0.5) is 11.6 Å². The van der Waals surface area contributed by atoms with Gasteiger partial charge in [-0.3, -0.25) is 0 Å². The van der Waals surface area contributed by atoms with Crippen molar-refractivity contribution in [2.24, 2.45) is 0 Å². The summed E-state index contributed by atoms with van der Waals surface area (Å²) in [6.45, 7) is 0. The maximum atomic E-state index is 5.70. The Labute approximate surface area is 138 Å². The molecule has 0 saturated carbocycles. The first-order valence-corrected chi connectivity index (χ1v) is 7.58. The first-order chi connectivity index (χ1) is 8.45. The maximum Gasteiger partial charge on any atom is 0.232 e. The second kappa shape index (κ2) is 6.00. The lowest BCUT2D eigenvalue weighted by Gasteiger charge is -2.10. The Balaban J connectivity index is 2.40. The molecule has 94 valence electrons. The van der Waals surface area contributed by atoms with E-state index in [1.54, 1.807) is 0 Å². The van der Waals surface area contributed by atoms with Crippen molar-refractivity contribution < 1.29 is 0 Å². The lowest BCUT2D eigenvalue weighted by Crippen LogP contribution is -2.00. The topological polar surface area (TPSA) is 50.7 Å². The van der Waals surface area contributed by atoms with Gasteiger partial charge in [0, 0.05) is 13.4 Å². The molecule has 18 heavy (non-hydrogen) atoms. The summed E-state index contributed by atoms with van der Waals surface area (Å²) in [5.41, 5.74) is 0.761. The zero-order chi connectivity index (χ0) is 13.3. The first kappa shape index (κ1) is 14.5. The molecule has 1 aromatic heterocycles. The Morgan fingerprint density at radius 1 is 0.889 bits per heavy atom. The van der Waals surface area contributed by atoms with E-state index in [0.29, 0.717) is 0 Å². The fourth-order valence-corrected chi connectivity index (χ4v) is 3.98. The Hall–Kier alpha value is 0.0500. The summed E-state index contributed by atoms with van der Waals surface area (Å²) >= 11 is 21.7. The molecule has 4 nitrogen and oxygen atoms in total. The highest BCUT2D eigenvalue weighted by Crippen LogP contribution is 2.35. The molecule has 0 saturated heterocycles. The average molecular weight is 478 g/mol. The number of rotatable bonds is 2. The first-order valence-electron chi connectivity index (χ1n) is 4.44. The van der Waals surface area contributed by atoms with Gasteiger partial charge in [-0.2, -0.15) is 15.0 Å². The SMILES string of the molecule is Clc1nc(Cl)nc(Nc2c(Br)cc(Br)cc2Br)n1. The summed E-state index contributed by atoms with van der Waals surface area (Å²) < 4.78 is 2.59. The van der Waals surface area contributed by atoms with E-state index >= 15 is 0 Å². The van der Waals surface area contributed by atoms with Crippen molar-refractivity contribution in [2.75, 3.05) is 5.32 Å². The highest BCUT2D eigenvalue weighted by Gasteiger charge is 2.10. The second-order valence-corrected chi connectivity index (χ2v) is 6.37. The number of hydrogen-bond donors (Lipinski definition) is 1. The van der Waals surface area contributed by atoms with Crippen LogP contribution in [0.5, 0.6) is 0 Å². The van der Waals surface area contributed by atoms with Crippen LogP contribution in [-0.4, -0.2) is 15.0 Å². The lowest BCUT2D eigenvalue weighted by molar-refractivity contribution is 1.05. The van der Waals surface area contributed by atoms with Gasteiger partial charge in [0.2, 0.25) is 16.5 Å². The Morgan fingerprint density at radius 3 is 1.89 bits per heavy atom. The molecule has 1 heterocycles. The molecule has 0 amide bonds. The molecule has 0 aliphatic heterocycles. The third kappa shape index (κ3) is 3.54. The number of aromatic nitrogens is 3. The molecule has 0 spiro atoms. The minimum Gasteiger partial charge on any atom is -0.322 e. The van der Waals surface area contributed by atoms with Crippen molar-refractivity contribution in [3.63, 3.8) is 0 Å². The molecule has 2 aromatic rings. The van der Waals surface area contributed by atoms with E-state index in [9.17, 15) is 0 Å². The predicted molar refractivity (Wildman–Crippen MR) is 82.7 cm³/mol. The number of benzene rings is 1. The van der Waals surface area contributed by atoms with Gasteiger partial charge >= 0.3 is 0 Å². The molecule has 9 heteroatoms. The van der Waals surface area contributed by atoms with Crippen molar-refractivity contribution in [1.29, 1.82) is 0 Å². The van der Waals surface area contributed by atoms with Crippen LogP contribution in [0, 0.1) is 0 Å². The molecule has 0 unspecified atom stereocenters. The molecular weight excluding hydrogens is 475 g/mol. The summed E-state index contributed by atoms with van der Waals surface area (Å²) in [5.74, 6) is 0.267. The van der Waals surface area contributed by atoms with E-state index < -0.39 is 0 Å². The van der Waals surface area contributed by atoms with Gasteiger partial charge in [0.15, 0.2) is 0 Å². The zero-order valence-corrected chi connectivity index (χ0v) is 14.7. The van der Waals surface area contributed by atoms with Gasteiger partial charge in [-0.25, -0.2) is 0 Å². The Bertz CT molecular complexity index is 565. The Morgan fingerprint density at radius 2 is 1.39 bits per heavy atom. The van der Waals surface area contributed by atoms with Gasteiger partial charge in [0.1, 0.15) is 0 Å². The van der Waals surface area contributed by atoms with Crippen molar-refractivity contribution in [3.05, 3.63) is 36.1 Å². The Kier molecular flexibility index (Phi) is 4.82. The van der Waals surface area contributed by atoms with Gasteiger partial charge in [-0.05, 0) is 67.2 Å². The number of anilines is 2. The smallest absolute Gasteiger partial charge is 0.232 e. The minimum absolute atomic E-state index is 0.0295. The van der Waals surface area contributed by atoms with Gasteiger partial charge in [-0.15, -0.1) is 0 Å². The van der Waals surface area contributed by atoms with E-state index in [-0.39, 0.29) is 16.5 Å². The van der Waals surface area contributed by atoms with E-state index in [4.69, 9.17) is 23.2 Å².